The first kappa shape index (κ1) is 24.7. The van der Waals surface area contributed by atoms with Crippen molar-refractivity contribution in [3.63, 3.8) is 0 Å². The summed E-state index contributed by atoms with van der Waals surface area (Å²) in [5, 5.41) is 11.7. The van der Waals surface area contributed by atoms with E-state index in [9.17, 15) is 9.59 Å². The predicted octanol–water partition coefficient (Wildman–Crippen LogP) is 4.87. The molecule has 0 aliphatic carbocycles. The van der Waals surface area contributed by atoms with Crippen molar-refractivity contribution in [3.8, 4) is 6.07 Å². The van der Waals surface area contributed by atoms with Crippen LogP contribution >= 0.6 is 0 Å². The molecule has 2 aliphatic rings. The second-order valence-corrected chi connectivity index (χ2v) is 9.14. The highest BCUT2D eigenvalue weighted by Crippen LogP contribution is 2.37. The SMILES string of the molecule is CCc1cc(C)c(NC(=O)OC2CCOC2)cc1C(=O)N1CCC(F)(c2ccc(C#N)cc2)CC1. The van der Waals surface area contributed by atoms with Gasteiger partial charge >= 0.3 is 6.09 Å². The van der Waals surface area contributed by atoms with Crippen LogP contribution in [-0.2, 0) is 21.6 Å². The maximum atomic E-state index is 15.7. The Morgan fingerprint density at radius 1 is 1.26 bits per heavy atom. The van der Waals surface area contributed by atoms with E-state index in [-0.39, 0.29) is 37.9 Å². The number of likely N-dealkylation sites (tertiary alicyclic amines) is 1. The lowest BCUT2D eigenvalue weighted by Gasteiger charge is -2.37. The summed E-state index contributed by atoms with van der Waals surface area (Å²) < 4.78 is 26.3. The highest BCUT2D eigenvalue weighted by Gasteiger charge is 2.38. The molecule has 2 aromatic carbocycles. The zero-order valence-electron chi connectivity index (χ0n) is 20.1. The van der Waals surface area contributed by atoms with Crippen molar-refractivity contribution < 1.29 is 23.5 Å². The Bertz CT molecular complexity index is 1130. The van der Waals surface area contributed by atoms with E-state index in [2.05, 4.69) is 5.32 Å². The molecule has 8 heteroatoms. The van der Waals surface area contributed by atoms with Gasteiger partial charge in [-0.15, -0.1) is 0 Å². The summed E-state index contributed by atoms with van der Waals surface area (Å²) in [6.45, 7) is 5.36. The highest BCUT2D eigenvalue weighted by atomic mass is 19.1. The monoisotopic (exact) mass is 479 g/mol. The van der Waals surface area contributed by atoms with Crippen LogP contribution in [0.5, 0.6) is 0 Å². The highest BCUT2D eigenvalue weighted by molar-refractivity contribution is 5.98. The number of alkyl halides is 1. The number of rotatable bonds is 5. The summed E-state index contributed by atoms with van der Waals surface area (Å²) in [7, 11) is 0. The molecule has 1 unspecified atom stereocenters. The fourth-order valence-corrected chi connectivity index (χ4v) is 4.66. The lowest BCUT2D eigenvalue weighted by molar-refractivity contribution is 0.0420. The van der Waals surface area contributed by atoms with E-state index >= 15 is 4.39 Å². The summed E-state index contributed by atoms with van der Waals surface area (Å²) in [6.07, 6.45) is 0.833. The summed E-state index contributed by atoms with van der Waals surface area (Å²) in [5.74, 6) is -0.177. The number of amides is 2. The number of halogens is 1. The second-order valence-electron chi connectivity index (χ2n) is 9.14. The first-order valence-electron chi connectivity index (χ1n) is 12.0. The number of hydrogen-bond acceptors (Lipinski definition) is 5. The topological polar surface area (TPSA) is 91.7 Å². The van der Waals surface area contributed by atoms with Crippen molar-refractivity contribution in [2.75, 3.05) is 31.6 Å². The fraction of sp³-hybridized carbons (Fsp3) is 0.444. The number of carbonyl (C=O) groups is 2. The molecule has 2 aromatic rings. The third-order valence-corrected chi connectivity index (χ3v) is 6.83. The minimum absolute atomic E-state index is 0.177. The van der Waals surface area contributed by atoms with Crippen LogP contribution in [-0.4, -0.2) is 49.3 Å². The largest absolute Gasteiger partial charge is 0.443 e. The molecule has 2 heterocycles. The van der Waals surface area contributed by atoms with Crippen molar-refractivity contribution in [3.05, 3.63) is 64.2 Å². The van der Waals surface area contributed by atoms with Crippen molar-refractivity contribution in [2.45, 2.75) is 51.3 Å². The molecule has 1 N–H and O–H groups in total. The number of aryl methyl sites for hydroxylation is 2. The van der Waals surface area contributed by atoms with E-state index in [1.807, 2.05) is 26.0 Å². The summed E-state index contributed by atoms with van der Waals surface area (Å²) in [6, 6.07) is 12.2. The predicted molar refractivity (Wildman–Crippen MR) is 129 cm³/mol. The molecule has 35 heavy (non-hydrogen) atoms. The van der Waals surface area contributed by atoms with E-state index in [0.29, 0.717) is 48.4 Å². The Labute approximate surface area is 204 Å². The van der Waals surface area contributed by atoms with E-state index in [1.165, 1.54) is 0 Å². The van der Waals surface area contributed by atoms with Crippen LogP contribution in [0.2, 0.25) is 0 Å². The third kappa shape index (κ3) is 5.46. The second kappa shape index (κ2) is 10.4. The van der Waals surface area contributed by atoms with Gasteiger partial charge in [-0.25, -0.2) is 9.18 Å². The van der Waals surface area contributed by atoms with Crippen LogP contribution in [0.25, 0.3) is 0 Å². The minimum Gasteiger partial charge on any atom is -0.443 e. The smallest absolute Gasteiger partial charge is 0.411 e. The molecular weight excluding hydrogens is 449 g/mol. The number of nitrogens with zero attached hydrogens (tertiary/aromatic N) is 2. The van der Waals surface area contributed by atoms with Gasteiger partial charge in [-0.1, -0.05) is 25.1 Å². The molecule has 2 amide bonds. The van der Waals surface area contributed by atoms with Crippen LogP contribution in [0.15, 0.2) is 36.4 Å². The maximum Gasteiger partial charge on any atom is 0.411 e. The number of piperidine rings is 1. The Kier molecular flexibility index (Phi) is 7.37. The fourth-order valence-electron chi connectivity index (χ4n) is 4.66. The van der Waals surface area contributed by atoms with E-state index in [1.54, 1.807) is 35.2 Å². The minimum atomic E-state index is -1.54. The van der Waals surface area contributed by atoms with Crippen LogP contribution in [0, 0.1) is 18.3 Å². The zero-order chi connectivity index (χ0) is 25.0. The molecule has 2 fully saturated rings. The quantitative estimate of drug-likeness (QED) is 0.661. The van der Waals surface area contributed by atoms with Gasteiger partial charge in [-0.05, 0) is 48.2 Å². The van der Waals surface area contributed by atoms with Crippen LogP contribution in [0.1, 0.15) is 58.8 Å². The molecule has 4 rings (SSSR count). The van der Waals surface area contributed by atoms with Crippen LogP contribution in [0.4, 0.5) is 14.9 Å². The first-order valence-corrected chi connectivity index (χ1v) is 12.0. The van der Waals surface area contributed by atoms with Gasteiger partial charge in [0.15, 0.2) is 0 Å². The Hall–Kier alpha value is -3.44. The normalized spacial score (nSPS) is 19.1. The maximum absolute atomic E-state index is 15.7. The average molecular weight is 480 g/mol. The van der Waals surface area contributed by atoms with Gasteiger partial charge in [0.2, 0.25) is 0 Å². The number of carbonyl (C=O) groups excluding carboxylic acids is 2. The van der Waals surface area contributed by atoms with Crippen LogP contribution < -0.4 is 5.32 Å². The molecule has 2 aliphatic heterocycles. The van der Waals surface area contributed by atoms with Gasteiger partial charge in [0.25, 0.3) is 5.91 Å². The molecule has 0 aromatic heterocycles. The van der Waals surface area contributed by atoms with Gasteiger partial charge in [-0.3, -0.25) is 10.1 Å². The summed E-state index contributed by atoms with van der Waals surface area (Å²) in [5.41, 5.74) is 2.21. The number of hydrogen-bond donors (Lipinski definition) is 1. The van der Waals surface area contributed by atoms with Gasteiger partial charge in [0.1, 0.15) is 11.8 Å². The van der Waals surface area contributed by atoms with Crippen molar-refractivity contribution >= 4 is 17.7 Å². The molecule has 2 saturated heterocycles. The Balaban J connectivity index is 1.46. The zero-order valence-corrected chi connectivity index (χ0v) is 20.1. The van der Waals surface area contributed by atoms with E-state index < -0.39 is 11.8 Å². The summed E-state index contributed by atoms with van der Waals surface area (Å²) in [4.78, 5) is 27.5. The van der Waals surface area contributed by atoms with Gasteiger partial charge in [-0.2, -0.15) is 5.26 Å². The number of benzene rings is 2. The first-order chi connectivity index (χ1) is 16.8. The van der Waals surface area contributed by atoms with Gasteiger partial charge in [0.05, 0.1) is 24.8 Å². The Morgan fingerprint density at radius 3 is 2.57 bits per heavy atom. The molecule has 1 atom stereocenters. The number of ether oxygens (including phenoxy) is 2. The summed E-state index contributed by atoms with van der Waals surface area (Å²) >= 11 is 0. The molecular formula is C27H30FN3O4. The molecule has 0 saturated carbocycles. The molecule has 0 bridgehead atoms. The third-order valence-electron chi connectivity index (χ3n) is 6.83. The number of nitrogens with one attached hydrogen (secondary N) is 1. The lowest BCUT2D eigenvalue weighted by atomic mass is 9.85. The number of nitriles is 1. The molecule has 0 spiro atoms. The molecule has 7 nitrogen and oxygen atoms in total. The van der Waals surface area contributed by atoms with Gasteiger partial charge in [0, 0.05) is 43.6 Å². The van der Waals surface area contributed by atoms with Crippen molar-refractivity contribution in [1.29, 1.82) is 5.26 Å². The van der Waals surface area contributed by atoms with Gasteiger partial charge < -0.3 is 14.4 Å². The Morgan fingerprint density at radius 2 is 1.97 bits per heavy atom. The molecule has 184 valence electrons. The van der Waals surface area contributed by atoms with E-state index in [4.69, 9.17) is 14.7 Å². The molecule has 0 radical (unpaired) electrons. The standard InChI is InChI=1S/C27H30FN3O4/c1-3-20-14-18(2)24(30-26(33)35-22-8-13-34-17-22)15-23(20)25(32)31-11-9-27(28,10-12-31)21-6-4-19(16-29)5-7-21/h4-7,14-15,22H,3,8-13,17H2,1-2H3,(H,30,33). The average Bonchev–Trinajstić information content (AvgIpc) is 3.38. The van der Waals surface area contributed by atoms with E-state index in [0.717, 1.165) is 11.1 Å². The lowest BCUT2D eigenvalue weighted by Crippen LogP contribution is -2.43. The van der Waals surface area contributed by atoms with Crippen molar-refractivity contribution in [2.24, 2.45) is 0 Å². The number of anilines is 1. The van der Waals surface area contributed by atoms with Crippen LogP contribution in [0.3, 0.4) is 0 Å². The van der Waals surface area contributed by atoms with Crippen molar-refractivity contribution in [1.82, 2.24) is 4.90 Å².